The van der Waals surface area contributed by atoms with E-state index in [0.29, 0.717) is 10.6 Å². The van der Waals surface area contributed by atoms with Crippen molar-refractivity contribution < 1.29 is 9.53 Å². The zero-order valence-corrected chi connectivity index (χ0v) is 9.33. The van der Waals surface area contributed by atoms with Gasteiger partial charge >= 0.3 is 6.01 Å². The van der Waals surface area contributed by atoms with Gasteiger partial charge < -0.3 is 4.74 Å². The number of nitrogens with one attached hydrogen (secondary N) is 2. The second-order valence-electron chi connectivity index (χ2n) is 2.81. The van der Waals surface area contributed by atoms with E-state index >= 15 is 0 Å². The Kier molecular flexibility index (Phi) is 2.77. The summed E-state index contributed by atoms with van der Waals surface area (Å²) in [7, 11) is 1.44. The van der Waals surface area contributed by atoms with Crippen molar-refractivity contribution in [3.05, 3.63) is 10.6 Å². The maximum absolute atomic E-state index is 11.7. The molecule has 2 heterocycles. The fraction of sp³-hybridized carbons (Fsp3) is 0.286. The third kappa shape index (κ3) is 1.98. The Balaban J connectivity index is 2.11. The molecule has 0 saturated heterocycles. The van der Waals surface area contributed by atoms with E-state index in [0.717, 1.165) is 11.5 Å². The number of rotatable bonds is 3. The number of nitrogens with zero attached hydrogens (tertiary/aromatic N) is 4. The van der Waals surface area contributed by atoms with Gasteiger partial charge in [-0.25, -0.2) is 5.10 Å². The van der Waals surface area contributed by atoms with Crippen LogP contribution in [0.1, 0.15) is 15.4 Å². The minimum absolute atomic E-state index is 0.162. The smallest absolute Gasteiger partial charge is 0.336 e. The molecule has 2 rings (SSSR count). The van der Waals surface area contributed by atoms with Crippen molar-refractivity contribution in [2.75, 3.05) is 12.4 Å². The molecular formula is C7H8N6O2S. The summed E-state index contributed by atoms with van der Waals surface area (Å²) in [5.41, 5.74) is 0.578. The second kappa shape index (κ2) is 4.23. The number of H-pyrrole nitrogens is 1. The van der Waals surface area contributed by atoms with Gasteiger partial charge in [-0.3, -0.25) is 10.1 Å². The lowest BCUT2D eigenvalue weighted by molar-refractivity contribution is 0.102. The van der Waals surface area contributed by atoms with Gasteiger partial charge in [0.05, 0.1) is 12.8 Å². The molecule has 0 spiro atoms. The van der Waals surface area contributed by atoms with E-state index in [2.05, 4.69) is 30.1 Å². The maximum atomic E-state index is 11.7. The predicted molar refractivity (Wildman–Crippen MR) is 55.5 cm³/mol. The van der Waals surface area contributed by atoms with E-state index in [9.17, 15) is 4.79 Å². The average molecular weight is 240 g/mol. The van der Waals surface area contributed by atoms with Crippen molar-refractivity contribution in [1.82, 2.24) is 24.8 Å². The zero-order chi connectivity index (χ0) is 11.5. The molecule has 0 aromatic carbocycles. The minimum atomic E-state index is -0.327. The van der Waals surface area contributed by atoms with Crippen LogP contribution in [0.15, 0.2) is 0 Å². The average Bonchev–Trinajstić information content (AvgIpc) is 2.86. The molecule has 84 valence electrons. The molecule has 2 aromatic rings. The molecule has 8 nitrogen and oxygen atoms in total. The van der Waals surface area contributed by atoms with Crippen LogP contribution in [0, 0.1) is 6.92 Å². The van der Waals surface area contributed by atoms with Crippen molar-refractivity contribution in [2.24, 2.45) is 0 Å². The Hall–Kier alpha value is -2.03. The summed E-state index contributed by atoms with van der Waals surface area (Å²) in [6.45, 7) is 1.71. The normalized spacial score (nSPS) is 10.1. The second-order valence-corrected chi connectivity index (χ2v) is 3.57. The molecule has 0 aliphatic heterocycles. The van der Waals surface area contributed by atoms with Gasteiger partial charge in [0.2, 0.25) is 5.95 Å². The summed E-state index contributed by atoms with van der Waals surface area (Å²) in [4.78, 5) is 16.0. The number of hydrogen-bond acceptors (Lipinski definition) is 7. The topological polar surface area (TPSA) is 106 Å². The molecule has 16 heavy (non-hydrogen) atoms. The van der Waals surface area contributed by atoms with Crippen LogP contribution in [0.25, 0.3) is 0 Å². The molecule has 0 radical (unpaired) electrons. The highest BCUT2D eigenvalue weighted by molar-refractivity contribution is 7.08. The quantitative estimate of drug-likeness (QED) is 0.795. The van der Waals surface area contributed by atoms with Crippen LogP contribution in [0.3, 0.4) is 0 Å². The summed E-state index contributed by atoms with van der Waals surface area (Å²) < 4.78 is 8.43. The molecule has 2 N–H and O–H groups in total. The van der Waals surface area contributed by atoms with Crippen LogP contribution >= 0.6 is 11.5 Å². The summed E-state index contributed by atoms with van der Waals surface area (Å²) >= 11 is 1.02. The number of aromatic nitrogens is 5. The van der Waals surface area contributed by atoms with Crippen LogP contribution < -0.4 is 10.1 Å². The number of aryl methyl sites for hydroxylation is 1. The highest BCUT2D eigenvalue weighted by Crippen LogP contribution is 2.12. The molecule has 0 aliphatic rings. The lowest BCUT2D eigenvalue weighted by Crippen LogP contribution is -2.12. The van der Waals surface area contributed by atoms with E-state index in [1.807, 2.05) is 0 Å². The van der Waals surface area contributed by atoms with Crippen molar-refractivity contribution in [3.8, 4) is 6.01 Å². The Morgan fingerprint density at radius 2 is 2.38 bits per heavy atom. The van der Waals surface area contributed by atoms with E-state index in [1.54, 1.807) is 6.92 Å². The minimum Gasteiger partial charge on any atom is -0.466 e. The fourth-order valence-corrected chi connectivity index (χ4v) is 1.55. The van der Waals surface area contributed by atoms with Gasteiger partial charge in [0, 0.05) is 0 Å². The molecule has 0 aliphatic carbocycles. The Morgan fingerprint density at radius 1 is 1.56 bits per heavy atom. The van der Waals surface area contributed by atoms with Gasteiger partial charge in [-0.1, -0.05) is 4.49 Å². The van der Waals surface area contributed by atoms with Gasteiger partial charge in [0.15, 0.2) is 0 Å². The summed E-state index contributed by atoms with van der Waals surface area (Å²) in [5, 5.41) is 12.5. The zero-order valence-electron chi connectivity index (χ0n) is 8.51. The highest BCUT2D eigenvalue weighted by atomic mass is 32.1. The monoisotopic (exact) mass is 240 g/mol. The van der Waals surface area contributed by atoms with E-state index in [1.165, 1.54) is 7.11 Å². The van der Waals surface area contributed by atoms with E-state index in [4.69, 9.17) is 4.74 Å². The van der Waals surface area contributed by atoms with Gasteiger partial charge in [-0.05, 0) is 18.5 Å². The first-order chi connectivity index (χ1) is 7.70. The third-order valence-corrected chi connectivity index (χ3v) is 2.56. The van der Waals surface area contributed by atoms with Gasteiger partial charge in [-0.15, -0.1) is 10.2 Å². The van der Waals surface area contributed by atoms with Crippen molar-refractivity contribution in [2.45, 2.75) is 6.92 Å². The Labute approximate surface area is 94.2 Å². The molecular weight excluding hydrogens is 232 g/mol. The lowest BCUT2D eigenvalue weighted by Gasteiger charge is -1.97. The first kappa shape index (κ1) is 10.5. The SMILES string of the molecule is COc1n[nH]c(NC(=O)c2snnc2C)n1. The van der Waals surface area contributed by atoms with Crippen molar-refractivity contribution in [1.29, 1.82) is 0 Å². The van der Waals surface area contributed by atoms with Crippen LogP contribution in [0.4, 0.5) is 5.95 Å². The van der Waals surface area contributed by atoms with Gasteiger partial charge in [0.25, 0.3) is 5.91 Å². The van der Waals surface area contributed by atoms with Gasteiger partial charge in [-0.2, -0.15) is 4.98 Å². The fourth-order valence-electron chi connectivity index (χ4n) is 0.998. The highest BCUT2D eigenvalue weighted by Gasteiger charge is 2.15. The molecule has 1 amide bonds. The first-order valence-corrected chi connectivity index (χ1v) is 5.04. The van der Waals surface area contributed by atoms with E-state index < -0.39 is 0 Å². The molecule has 9 heteroatoms. The number of anilines is 1. The van der Waals surface area contributed by atoms with E-state index in [-0.39, 0.29) is 17.9 Å². The number of methoxy groups -OCH3 is 1. The molecule has 0 saturated carbocycles. The lowest BCUT2D eigenvalue weighted by atomic mass is 10.4. The molecule has 0 bridgehead atoms. The first-order valence-electron chi connectivity index (χ1n) is 4.27. The largest absolute Gasteiger partial charge is 0.466 e. The van der Waals surface area contributed by atoms with Gasteiger partial charge in [0.1, 0.15) is 4.88 Å². The van der Waals surface area contributed by atoms with Crippen LogP contribution in [0.5, 0.6) is 6.01 Å². The summed E-state index contributed by atoms with van der Waals surface area (Å²) in [6.07, 6.45) is 0. The molecule has 0 atom stereocenters. The van der Waals surface area contributed by atoms with Crippen molar-refractivity contribution in [3.63, 3.8) is 0 Å². The number of ether oxygens (including phenoxy) is 1. The predicted octanol–water partition coefficient (Wildman–Crippen LogP) is 0.226. The number of carbonyl (C=O) groups is 1. The van der Waals surface area contributed by atoms with Crippen LogP contribution in [-0.4, -0.2) is 37.8 Å². The number of carbonyl (C=O) groups excluding carboxylic acids is 1. The Bertz CT molecular complexity index is 506. The standard InChI is InChI=1S/C7H8N6O2S/c1-3-4(16-13-10-3)5(14)8-6-9-7(15-2)12-11-6/h1-2H3,(H2,8,9,11,12,14). The summed E-state index contributed by atoms with van der Waals surface area (Å²) in [6, 6.07) is 0.162. The summed E-state index contributed by atoms with van der Waals surface area (Å²) in [5.74, 6) is -0.110. The van der Waals surface area contributed by atoms with Crippen LogP contribution in [0.2, 0.25) is 0 Å². The molecule has 0 fully saturated rings. The number of hydrogen-bond donors (Lipinski definition) is 2. The maximum Gasteiger partial charge on any atom is 0.336 e. The number of aromatic amines is 1. The third-order valence-electron chi connectivity index (χ3n) is 1.74. The Morgan fingerprint density at radius 3 is 2.94 bits per heavy atom. The molecule has 0 unspecified atom stereocenters. The number of amides is 1. The van der Waals surface area contributed by atoms with Crippen molar-refractivity contribution >= 4 is 23.4 Å². The van der Waals surface area contributed by atoms with Crippen LogP contribution in [-0.2, 0) is 0 Å². The molecule has 2 aromatic heterocycles.